The largest absolute Gasteiger partial charge is 0.295 e. The van der Waals surface area contributed by atoms with Gasteiger partial charge < -0.3 is 0 Å². The van der Waals surface area contributed by atoms with Crippen LogP contribution < -0.4 is 5.56 Å². The molecule has 0 aliphatic heterocycles. The van der Waals surface area contributed by atoms with Gasteiger partial charge in [-0.05, 0) is 42.9 Å². The van der Waals surface area contributed by atoms with Gasteiger partial charge in [0, 0.05) is 24.2 Å². The van der Waals surface area contributed by atoms with E-state index in [2.05, 4.69) is 9.97 Å². The maximum Gasteiger partial charge on any atom is 0.259 e. The standard InChI is InChI=1S/C17H17N3OS/c1-10-6-5-7-11(2)14(10)13-8-12-9-18-17(22-4)19-15(12)20(3)16(13)21/h5-9H,1-4H3. The number of hydrogen-bond donors (Lipinski definition) is 0. The van der Waals surface area contributed by atoms with Crippen LogP contribution in [-0.2, 0) is 7.05 Å². The summed E-state index contributed by atoms with van der Waals surface area (Å²) in [5.41, 5.74) is 4.52. The van der Waals surface area contributed by atoms with Gasteiger partial charge >= 0.3 is 0 Å². The molecular weight excluding hydrogens is 294 g/mol. The zero-order valence-corrected chi connectivity index (χ0v) is 13.9. The number of aromatic nitrogens is 3. The fourth-order valence-corrected chi connectivity index (χ4v) is 3.08. The Morgan fingerprint density at radius 3 is 2.50 bits per heavy atom. The van der Waals surface area contributed by atoms with Gasteiger partial charge in [0.25, 0.3) is 5.56 Å². The van der Waals surface area contributed by atoms with Crippen molar-refractivity contribution in [1.29, 1.82) is 0 Å². The smallest absolute Gasteiger partial charge is 0.259 e. The molecule has 0 fully saturated rings. The Labute approximate surface area is 133 Å². The summed E-state index contributed by atoms with van der Waals surface area (Å²) in [4.78, 5) is 21.5. The molecule has 4 nitrogen and oxygen atoms in total. The van der Waals surface area contributed by atoms with Crippen LogP contribution in [0.5, 0.6) is 0 Å². The van der Waals surface area contributed by atoms with Crippen molar-refractivity contribution < 1.29 is 0 Å². The van der Waals surface area contributed by atoms with Crippen molar-refractivity contribution in [2.45, 2.75) is 19.0 Å². The van der Waals surface area contributed by atoms with E-state index in [1.165, 1.54) is 11.8 Å². The Morgan fingerprint density at radius 1 is 1.18 bits per heavy atom. The molecule has 0 unspecified atom stereocenters. The van der Waals surface area contributed by atoms with Crippen LogP contribution in [0.15, 0.2) is 40.4 Å². The number of benzene rings is 1. The molecule has 0 saturated heterocycles. The number of rotatable bonds is 2. The second-order valence-electron chi connectivity index (χ2n) is 5.32. The van der Waals surface area contributed by atoms with E-state index in [0.717, 1.165) is 22.1 Å². The first-order valence-corrected chi connectivity index (χ1v) is 8.22. The molecule has 112 valence electrons. The van der Waals surface area contributed by atoms with Gasteiger partial charge in [-0.3, -0.25) is 9.36 Å². The molecule has 0 saturated carbocycles. The molecule has 0 N–H and O–H groups in total. The maximum atomic E-state index is 12.8. The van der Waals surface area contributed by atoms with Crippen LogP contribution in [0.25, 0.3) is 22.2 Å². The van der Waals surface area contributed by atoms with E-state index >= 15 is 0 Å². The molecule has 3 aromatic rings. The van der Waals surface area contributed by atoms with Crippen LogP contribution in [0.2, 0.25) is 0 Å². The highest BCUT2D eigenvalue weighted by Crippen LogP contribution is 2.26. The molecule has 0 amide bonds. The molecule has 3 rings (SSSR count). The number of aryl methyl sites for hydroxylation is 3. The third-order valence-electron chi connectivity index (χ3n) is 3.86. The van der Waals surface area contributed by atoms with Gasteiger partial charge in [0.05, 0.1) is 0 Å². The molecule has 1 aromatic carbocycles. The predicted octanol–water partition coefficient (Wildman–Crippen LogP) is 3.33. The van der Waals surface area contributed by atoms with E-state index < -0.39 is 0 Å². The van der Waals surface area contributed by atoms with Gasteiger partial charge in [0.1, 0.15) is 5.65 Å². The number of nitrogens with zero attached hydrogens (tertiary/aromatic N) is 3. The lowest BCUT2D eigenvalue weighted by Gasteiger charge is -2.12. The van der Waals surface area contributed by atoms with Crippen LogP contribution in [-0.4, -0.2) is 20.8 Å². The topological polar surface area (TPSA) is 47.8 Å². The van der Waals surface area contributed by atoms with Crippen molar-refractivity contribution in [3.8, 4) is 11.1 Å². The molecule has 22 heavy (non-hydrogen) atoms. The second-order valence-corrected chi connectivity index (χ2v) is 6.10. The summed E-state index contributed by atoms with van der Waals surface area (Å²) in [7, 11) is 1.76. The molecule has 0 aliphatic carbocycles. The van der Waals surface area contributed by atoms with Gasteiger partial charge in [0.15, 0.2) is 5.16 Å². The summed E-state index contributed by atoms with van der Waals surface area (Å²) in [5, 5.41) is 1.54. The highest BCUT2D eigenvalue weighted by atomic mass is 32.2. The number of pyridine rings is 1. The van der Waals surface area contributed by atoms with Crippen LogP contribution in [0.1, 0.15) is 11.1 Å². The molecule has 2 heterocycles. The minimum Gasteiger partial charge on any atom is -0.295 e. The second kappa shape index (κ2) is 5.57. The molecule has 0 radical (unpaired) electrons. The average molecular weight is 311 g/mol. The minimum absolute atomic E-state index is 0.0318. The summed E-state index contributed by atoms with van der Waals surface area (Å²) in [6, 6.07) is 7.96. The van der Waals surface area contributed by atoms with Crippen molar-refractivity contribution >= 4 is 22.8 Å². The number of fused-ring (bicyclic) bond motifs is 1. The Bertz CT molecular complexity index is 911. The van der Waals surface area contributed by atoms with Gasteiger partial charge in [-0.15, -0.1) is 0 Å². The Hall–Kier alpha value is -2.14. The Morgan fingerprint density at radius 2 is 1.86 bits per heavy atom. The first-order chi connectivity index (χ1) is 10.5. The molecule has 0 aliphatic rings. The molecule has 2 aromatic heterocycles. The van der Waals surface area contributed by atoms with Crippen LogP contribution in [0.4, 0.5) is 0 Å². The zero-order valence-electron chi connectivity index (χ0n) is 13.0. The van der Waals surface area contributed by atoms with Gasteiger partial charge in [-0.1, -0.05) is 30.0 Å². The van der Waals surface area contributed by atoms with E-state index in [4.69, 9.17) is 0 Å². The quantitative estimate of drug-likeness (QED) is 0.538. The van der Waals surface area contributed by atoms with Crippen LogP contribution in [0, 0.1) is 13.8 Å². The van der Waals surface area contributed by atoms with E-state index in [1.54, 1.807) is 17.8 Å². The molecular formula is C17H17N3OS. The van der Waals surface area contributed by atoms with Gasteiger partial charge in [0.2, 0.25) is 0 Å². The van der Waals surface area contributed by atoms with Gasteiger partial charge in [-0.25, -0.2) is 9.97 Å². The lowest BCUT2D eigenvalue weighted by Crippen LogP contribution is -2.20. The Balaban J connectivity index is 2.38. The Kier molecular flexibility index (Phi) is 3.74. The van der Waals surface area contributed by atoms with Crippen molar-refractivity contribution in [1.82, 2.24) is 14.5 Å². The minimum atomic E-state index is -0.0318. The number of hydrogen-bond acceptors (Lipinski definition) is 4. The normalized spacial score (nSPS) is 11.1. The van der Waals surface area contributed by atoms with Gasteiger partial charge in [-0.2, -0.15) is 0 Å². The zero-order chi connectivity index (χ0) is 15.9. The van der Waals surface area contributed by atoms with Crippen molar-refractivity contribution in [2.75, 3.05) is 6.26 Å². The summed E-state index contributed by atoms with van der Waals surface area (Å²) in [6.07, 6.45) is 3.70. The lowest BCUT2D eigenvalue weighted by atomic mass is 9.96. The first-order valence-electron chi connectivity index (χ1n) is 7.00. The third-order valence-corrected chi connectivity index (χ3v) is 4.42. The highest BCUT2D eigenvalue weighted by Gasteiger charge is 2.14. The van der Waals surface area contributed by atoms with E-state index in [0.29, 0.717) is 16.4 Å². The van der Waals surface area contributed by atoms with Crippen molar-refractivity contribution in [2.24, 2.45) is 7.05 Å². The molecule has 5 heteroatoms. The summed E-state index contributed by atoms with van der Waals surface area (Å²) in [5.74, 6) is 0. The summed E-state index contributed by atoms with van der Waals surface area (Å²) in [6.45, 7) is 4.05. The van der Waals surface area contributed by atoms with Crippen LogP contribution >= 0.6 is 11.8 Å². The lowest BCUT2D eigenvalue weighted by molar-refractivity contribution is 0.861. The first kappa shape index (κ1) is 14.8. The summed E-state index contributed by atoms with van der Waals surface area (Å²) < 4.78 is 1.61. The molecule has 0 spiro atoms. The fraction of sp³-hybridized carbons (Fsp3) is 0.235. The summed E-state index contributed by atoms with van der Waals surface area (Å²) >= 11 is 1.47. The molecule has 0 atom stereocenters. The van der Waals surface area contributed by atoms with E-state index in [-0.39, 0.29) is 5.56 Å². The SMILES string of the molecule is CSc1ncc2cc(-c3c(C)cccc3C)c(=O)n(C)c2n1. The van der Waals surface area contributed by atoms with Crippen molar-refractivity contribution in [3.63, 3.8) is 0 Å². The number of thioether (sulfide) groups is 1. The van der Waals surface area contributed by atoms with Crippen LogP contribution in [0.3, 0.4) is 0 Å². The highest BCUT2D eigenvalue weighted by molar-refractivity contribution is 7.98. The average Bonchev–Trinajstić information content (AvgIpc) is 2.51. The third kappa shape index (κ3) is 2.31. The van der Waals surface area contributed by atoms with E-state index in [9.17, 15) is 4.79 Å². The monoisotopic (exact) mass is 311 g/mol. The maximum absolute atomic E-state index is 12.8. The fourth-order valence-electron chi connectivity index (χ4n) is 2.75. The predicted molar refractivity (Wildman–Crippen MR) is 91.5 cm³/mol. The van der Waals surface area contributed by atoms with E-state index in [1.807, 2.05) is 44.4 Å². The van der Waals surface area contributed by atoms with Crippen molar-refractivity contribution in [3.05, 3.63) is 51.9 Å². The molecule has 0 bridgehead atoms.